The second kappa shape index (κ2) is 8.00. The topological polar surface area (TPSA) is 85.9 Å². The molecule has 33 heavy (non-hydrogen) atoms. The van der Waals surface area contributed by atoms with Gasteiger partial charge in [-0.25, -0.2) is 9.97 Å². The number of carbonyl (C=O) groups is 1. The van der Waals surface area contributed by atoms with Crippen molar-refractivity contribution < 1.29 is 18.0 Å². The average Bonchev–Trinajstić information content (AvgIpc) is 3.42. The Hall–Kier alpha value is -2.62. The molecular formula is C23H29F3N6O. The highest BCUT2D eigenvalue weighted by Crippen LogP contribution is 2.42. The summed E-state index contributed by atoms with van der Waals surface area (Å²) >= 11 is 0. The molecule has 10 heteroatoms. The number of amides is 1. The van der Waals surface area contributed by atoms with E-state index in [1.807, 2.05) is 13.8 Å². The van der Waals surface area contributed by atoms with Crippen LogP contribution in [0.4, 0.5) is 19.1 Å². The van der Waals surface area contributed by atoms with E-state index in [1.54, 1.807) is 4.90 Å². The van der Waals surface area contributed by atoms with E-state index in [0.29, 0.717) is 36.2 Å². The van der Waals surface area contributed by atoms with Gasteiger partial charge >= 0.3 is 6.18 Å². The minimum Gasteiger partial charge on any atom is -0.356 e. The molecule has 0 radical (unpaired) electrons. The van der Waals surface area contributed by atoms with Gasteiger partial charge in [-0.05, 0) is 57.9 Å². The van der Waals surface area contributed by atoms with Crippen molar-refractivity contribution in [2.45, 2.75) is 76.2 Å². The lowest BCUT2D eigenvalue weighted by atomic mass is 9.99. The van der Waals surface area contributed by atoms with Gasteiger partial charge in [0.05, 0.1) is 5.69 Å². The summed E-state index contributed by atoms with van der Waals surface area (Å²) in [6.07, 6.45) is 3.23. The number of rotatable bonds is 4. The van der Waals surface area contributed by atoms with E-state index >= 15 is 0 Å². The van der Waals surface area contributed by atoms with E-state index < -0.39 is 11.7 Å². The Balaban J connectivity index is 1.48. The molecule has 1 saturated heterocycles. The normalized spacial score (nSPS) is 22.4. The van der Waals surface area contributed by atoms with Crippen molar-refractivity contribution in [3.63, 3.8) is 0 Å². The predicted octanol–water partition coefficient (Wildman–Crippen LogP) is 3.98. The number of anilines is 1. The van der Waals surface area contributed by atoms with Crippen molar-refractivity contribution in [2.75, 3.05) is 18.4 Å². The van der Waals surface area contributed by atoms with Gasteiger partial charge in [-0.1, -0.05) is 0 Å². The summed E-state index contributed by atoms with van der Waals surface area (Å²) < 4.78 is 41.7. The first kappa shape index (κ1) is 22.2. The fourth-order valence-corrected chi connectivity index (χ4v) is 5.01. The number of piperidine rings is 1. The van der Waals surface area contributed by atoms with Gasteiger partial charge < -0.3 is 20.5 Å². The molecule has 178 valence electrons. The van der Waals surface area contributed by atoms with Crippen LogP contribution in [-0.4, -0.2) is 56.5 Å². The molecule has 2 fully saturated rings. The number of alkyl halides is 3. The maximum Gasteiger partial charge on any atom is 0.419 e. The predicted molar refractivity (Wildman–Crippen MR) is 118 cm³/mol. The third-order valence-electron chi connectivity index (χ3n) is 7.14. The Morgan fingerprint density at radius 2 is 2.06 bits per heavy atom. The molecule has 3 N–H and O–H groups in total. The van der Waals surface area contributed by atoms with E-state index in [0.717, 1.165) is 25.6 Å². The summed E-state index contributed by atoms with van der Waals surface area (Å²) in [5, 5.41) is 6.75. The molecule has 1 amide bonds. The van der Waals surface area contributed by atoms with Crippen LogP contribution in [0.2, 0.25) is 0 Å². The zero-order valence-corrected chi connectivity index (χ0v) is 18.9. The van der Waals surface area contributed by atoms with Gasteiger partial charge in [-0.2, -0.15) is 13.2 Å². The third kappa shape index (κ3) is 4.20. The minimum absolute atomic E-state index is 0.00895. The third-order valence-corrected chi connectivity index (χ3v) is 7.14. The zero-order valence-electron chi connectivity index (χ0n) is 18.9. The van der Waals surface area contributed by atoms with Crippen molar-refractivity contribution in [2.24, 2.45) is 0 Å². The van der Waals surface area contributed by atoms with Crippen LogP contribution in [0.5, 0.6) is 0 Å². The van der Waals surface area contributed by atoms with Crippen molar-refractivity contribution in [3.8, 4) is 11.3 Å². The fourth-order valence-electron chi connectivity index (χ4n) is 5.01. The number of hydrogen-bond acceptors (Lipinski definition) is 5. The Morgan fingerprint density at radius 1 is 1.27 bits per heavy atom. The summed E-state index contributed by atoms with van der Waals surface area (Å²) in [4.78, 5) is 26.0. The number of halogens is 3. The first-order valence-corrected chi connectivity index (χ1v) is 11.6. The monoisotopic (exact) mass is 462 g/mol. The van der Waals surface area contributed by atoms with E-state index in [4.69, 9.17) is 0 Å². The van der Waals surface area contributed by atoms with E-state index in [2.05, 4.69) is 25.6 Å². The number of fused-ring (bicyclic) bond motifs is 1. The molecule has 7 nitrogen and oxygen atoms in total. The molecule has 2 aliphatic heterocycles. The van der Waals surface area contributed by atoms with E-state index in [-0.39, 0.29) is 35.2 Å². The van der Waals surface area contributed by atoms with Gasteiger partial charge in [0.25, 0.3) is 5.91 Å². The standard InChI is InChI=1S/C23H29F3N6O/c1-13(2)32-9-3-4-15-16(11-27-19(15)20(32)33)18-17(23(24,25)26)12-28-21(31-18)30-14-5-6-22(7-8-22)29-10-14/h11-14,27,29H,3-10H2,1-2H3,(H,28,30,31)/t14-/m0/s1. The van der Waals surface area contributed by atoms with Crippen molar-refractivity contribution in [1.29, 1.82) is 0 Å². The van der Waals surface area contributed by atoms with Gasteiger partial charge in [0, 0.05) is 48.7 Å². The number of aromatic amines is 1. The van der Waals surface area contributed by atoms with Gasteiger partial charge in [0.2, 0.25) is 5.95 Å². The van der Waals surface area contributed by atoms with Crippen molar-refractivity contribution in [1.82, 2.24) is 25.2 Å². The molecule has 0 bridgehead atoms. The molecule has 5 rings (SSSR count). The smallest absolute Gasteiger partial charge is 0.356 e. The van der Waals surface area contributed by atoms with Crippen molar-refractivity contribution in [3.05, 3.63) is 29.2 Å². The van der Waals surface area contributed by atoms with Gasteiger partial charge in [0.15, 0.2) is 0 Å². The Morgan fingerprint density at radius 3 is 2.70 bits per heavy atom. The first-order valence-electron chi connectivity index (χ1n) is 11.6. The van der Waals surface area contributed by atoms with Crippen LogP contribution in [0.15, 0.2) is 12.4 Å². The Bertz CT molecular complexity index is 1050. The summed E-state index contributed by atoms with van der Waals surface area (Å²) in [5.74, 6) is -0.0118. The molecule has 2 aromatic heterocycles. The maximum absolute atomic E-state index is 13.9. The lowest BCUT2D eigenvalue weighted by molar-refractivity contribution is -0.137. The van der Waals surface area contributed by atoms with Crippen LogP contribution in [0, 0.1) is 0 Å². The second-order valence-electron chi connectivity index (χ2n) is 9.75. The summed E-state index contributed by atoms with van der Waals surface area (Å²) in [7, 11) is 0. The van der Waals surface area contributed by atoms with Gasteiger partial charge in [-0.3, -0.25) is 4.79 Å². The quantitative estimate of drug-likeness (QED) is 0.640. The molecule has 0 unspecified atom stereocenters. The number of H-pyrrole nitrogens is 1. The highest BCUT2D eigenvalue weighted by molar-refractivity contribution is 5.96. The van der Waals surface area contributed by atoms with E-state index in [9.17, 15) is 18.0 Å². The van der Waals surface area contributed by atoms with E-state index in [1.165, 1.54) is 19.0 Å². The first-order chi connectivity index (χ1) is 15.7. The summed E-state index contributed by atoms with van der Waals surface area (Å²) in [5.41, 5.74) is 0.456. The maximum atomic E-state index is 13.9. The molecule has 1 aliphatic carbocycles. The minimum atomic E-state index is -4.61. The molecule has 0 aromatic carbocycles. The van der Waals surface area contributed by atoms with Crippen LogP contribution >= 0.6 is 0 Å². The highest BCUT2D eigenvalue weighted by Gasteiger charge is 2.45. The summed E-state index contributed by atoms with van der Waals surface area (Å²) in [6.45, 7) is 5.17. The van der Waals surface area contributed by atoms with Crippen LogP contribution in [0.3, 0.4) is 0 Å². The highest BCUT2D eigenvalue weighted by atomic mass is 19.4. The van der Waals surface area contributed by atoms with Gasteiger partial charge in [0.1, 0.15) is 11.3 Å². The molecule has 3 aliphatic rings. The lowest BCUT2D eigenvalue weighted by Crippen LogP contribution is -2.46. The van der Waals surface area contributed by atoms with Crippen LogP contribution in [-0.2, 0) is 12.6 Å². The SMILES string of the molecule is CC(C)N1CCCc2c(-c3nc(N[C@H]4CCC5(CC5)NC4)ncc3C(F)(F)F)c[nH]c2C1=O. The molecule has 2 aromatic rings. The van der Waals surface area contributed by atoms with Crippen LogP contribution < -0.4 is 10.6 Å². The molecule has 1 saturated carbocycles. The fraction of sp³-hybridized carbons (Fsp3) is 0.609. The molecule has 1 spiro atoms. The largest absolute Gasteiger partial charge is 0.419 e. The number of hydrogen-bond donors (Lipinski definition) is 3. The Kier molecular flexibility index (Phi) is 5.38. The van der Waals surface area contributed by atoms with Crippen LogP contribution in [0.25, 0.3) is 11.3 Å². The number of carbonyl (C=O) groups excluding carboxylic acids is 1. The second-order valence-corrected chi connectivity index (χ2v) is 9.75. The summed E-state index contributed by atoms with van der Waals surface area (Å²) in [6, 6.07) is 0.0694. The zero-order chi connectivity index (χ0) is 23.4. The molecule has 1 atom stereocenters. The van der Waals surface area contributed by atoms with Crippen molar-refractivity contribution >= 4 is 11.9 Å². The van der Waals surface area contributed by atoms with Gasteiger partial charge in [-0.15, -0.1) is 0 Å². The molecular weight excluding hydrogens is 433 g/mol. The number of aromatic nitrogens is 3. The Labute approximate surface area is 190 Å². The molecule has 4 heterocycles. The van der Waals surface area contributed by atoms with Crippen LogP contribution in [0.1, 0.15) is 67.6 Å². The average molecular weight is 463 g/mol. The lowest BCUT2D eigenvalue weighted by Gasteiger charge is -2.30. The number of nitrogens with one attached hydrogen (secondary N) is 3. The number of nitrogens with zero attached hydrogens (tertiary/aromatic N) is 3.